The number of Topliss-reactive ketones (excluding diaryl/α,β-unsaturated/α-hetero) is 1. The fourth-order valence-electron chi connectivity index (χ4n) is 3.75. The lowest BCUT2D eigenvalue weighted by molar-refractivity contribution is -0.158. The van der Waals surface area contributed by atoms with E-state index in [9.17, 15) is 14.3 Å². The second-order valence-electron chi connectivity index (χ2n) is 8.00. The number of hydrogen-bond acceptors (Lipinski definition) is 3. The highest BCUT2D eigenvalue weighted by Gasteiger charge is 2.47. The summed E-state index contributed by atoms with van der Waals surface area (Å²) in [5.41, 5.74) is 0.592. The molecule has 0 spiro atoms. The first-order chi connectivity index (χ1) is 13.0. The Bertz CT molecular complexity index is 969. The van der Waals surface area contributed by atoms with Crippen LogP contribution in [0.25, 0.3) is 16.7 Å². The van der Waals surface area contributed by atoms with Crippen molar-refractivity contribution in [3.8, 4) is 11.1 Å². The SMILES string of the molecule is CCc1cc(-c2c(F)cccc2Cl)ccc1C1=C(O)C(C)(C)OC(C)(C)C1=O. The molecule has 0 aliphatic carbocycles. The Labute approximate surface area is 169 Å². The van der Waals surface area contributed by atoms with Crippen molar-refractivity contribution in [2.24, 2.45) is 0 Å². The lowest BCUT2D eigenvalue weighted by Gasteiger charge is -2.40. The lowest BCUT2D eigenvalue weighted by atomic mass is 9.81. The van der Waals surface area contributed by atoms with E-state index in [0.29, 0.717) is 28.1 Å². The summed E-state index contributed by atoms with van der Waals surface area (Å²) >= 11 is 6.21. The average Bonchev–Trinajstić information content (AvgIpc) is 2.60. The summed E-state index contributed by atoms with van der Waals surface area (Å²) in [6, 6.07) is 9.86. The maximum Gasteiger partial charge on any atom is 0.198 e. The number of hydrogen-bond donors (Lipinski definition) is 1. The first kappa shape index (κ1) is 20.6. The van der Waals surface area contributed by atoms with Gasteiger partial charge in [0.25, 0.3) is 0 Å². The first-order valence-corrected chi connectivity index (χ1v) is 9.63. The molecule has 1 heterocycles. The summed E-state index contributed by atoms with van der Waals surface area (Å²) in [5, 5.41) is 11.1. The molecule has 0 aromatic heterocycles. The number of benzene rings is 2. The van der Waals surface area contributed by atoms with E-state index in [0.717, 1.165) is 5.56 Å². The van der Waals surface area contributed by atoms with Crippen molar-refractivity contribution >= 4 is 23.0 Å². The fourth-order valence-corrected chi connectivity index (χ4v) is 4.02. The monoisotopic (exact) mass is 402 g/mol. The molecule has 0 fully saturated rings. The van der Waals surface area contributed by atoms with Crippen molar-refractivity contribution in [3.63, 3.8) is 0 Å². The van der Waals surface area contributed by atoms with Crippen LogP contribution in [0.15, 0.2) is 42.2 Å². The predicted molar refractivity (Wildman–Crippen MR) is 110 cm³/mol. The number of ether oxygens (including phenoxy) is 1. The van der Waals surface area contributed by atoms with Gasteiger partial charge in [0.1, 0.15) is 22.8 Å². The van der Waals surface area contributed by atoms with Crippen LogP contribution in [0.4, 0.5) is 4.39 Å². The molecule has 0 radical (unpaired) electrons. The second-order valence-corrected chi connectivity index (χ2v) is 8.40. The second kappa shape index (κ2) is 7.02. The smallest absolute Gasteiger partial charge is 0.198 e. The normalized spacial score (nSPS) is 18.5. The molecule has 2 aromatic carbocycles. The first-order valence-electron chi connectivity index (χ1n) is 9.26. The molecule has 0 atom stereocenters. The molecule has 1 aliphatic heterocycles. The van der Waals surface area contributed by atoms with Gasteiger partial charge in [-0.15, -0.1) is 0 Å². The van der Waals surface area contributed by atoms with Gasteiger partial charge in [0.15, 0.2) is 5.78 Å². The van der Waals surface area contributed by atoms with Crippen LogP contribution in [-0.2, 0) is 16.0 Å². The summed E-state index contributed by atoms with van der Waals surface area (Å²) < 4.78 is 20.2. The highest BCUT2D eigenvalue weighted by Crippen LogP contribution is 2.42. The lowest BCUT2D eigenvalue weighted by Crippen LogP contribution is -2.49. The van der Waals surface area contributed by atoms with E-state index >= 15 is 0 Å². The molecule has 0 amide bonds. The largest absolute Gasteiger partial charge is 0.508 e. The van der Waals surface area contributed by atoms with Crippen molar-refractivity contribution in [1.29, 1.82) is 0 Å². The Balaban J connectivity index is 2.22. The maximum atomic E-state index is 14.4. The van der Waals surface area contributed by atoms with Crippen LogP contribution in [0, 0.1) is 5.82 Å². The predicted octanol–water partition coefficient (Wildman–Crippen LogP) is 6.13. The minimum Gasteiger partial charge on any atom is -0.508 e. The van der Waals surface area contributed by atoms with Crippen molar-refractivity contribution in [1.82, 2.24) is 0 Å². The quantitative estimate of drug-likeness (QED) is 0.671. The molecule has 28 heavy (non-hydrogen) atoms. The van der Waals surface area contributed by atoms with Gasteiger partial charge >= 0.3 is 0 Å². The highest BCUT2D eigenvalue weighted by molar-refractivity contribution is 6.33. The van der Waals surface area contributed by atoms with Crippen molar-refractivity contribution in [3.05, 3.63) is 64.1 Å². The molecule has 0 bridgehead atoms. The van der Waals surface area contributed by atoms with E-state index in [-0.39, 0.29) is 17.1 Å². The van der Waals surface area contributed by atoms with Gasteiger partial charge in [-0.05, 0) is 62.9 Å². The molecule has 1 N–H and O–H groups in total. The van der Waals surface area contributed by atoms with Gasteiger partial charge in [-0.2, -0.15) is 0 Å². The van der Waals surface area contributed by atoms with Crippen molar-refractivity contribution < 1.29 is 19.0 Å². The summed E-state index contributed by atoms with van der Waals surface area (Å²) in [6.45, 7) is 8.81. The standard InChI is InChI=1S/C23H24ClFO3/c1-6-13-12-14(18-16(24)8-7-9-17(18)25)10-11-15(13)19-20(26)22(2,3)28-23(4,5)21(19)27/h7-12,26H,6H2,1-5H3. The van der Waals surface area contributed by atoms with Gasteiger partial charge in [-0.1, -0.05) is 42.8 Å². The van der Waals surface area contributed by atoms with Gasteiger partial charge in [-0.3, -0.25) is 4.79 Å². The van der Waals surface area contributed by atoms with Crippen LogP contribution in [0.2, 0.25) is 5.02 Å². The molecular formula is C23H24ClFO3. The van der Waals surface area contributed by atoms with E-state index in [1.54, 1.807) is 52.0 Å². The number of aliphatic hydroxyl groups is 1. The molecule has 0 saturated heterocycles. The van der Waals surface area contributed by atoms with Gasteiger partial charge < -0.3 is 9.84 Å². The molecule has 0 saturated carbocycles. The summed E-state index contributed by atoms with van der Waals surface area (Å²) in [7, 11) is 0. The van der Waals surface area contributed by atoms with Crippen LogP contribution in [0.5, 0.6) is 0 Å². The number of rotatable bonds is 3. The Morgan fingerprint density at radius 3 is 2.39 bits per heavy atom. The van der Waals surface area contributed by atoms with E-state index in [1.165, 1.54) is 6.07 Å². The average molecular weight is 403 g/mol. The molecule has 5 heteroatoms. The zero-order valence-electron chi connectivity index (χ0n) is 16.7. The Morgan fingerprint density at radius 1 is 1.11 bits per heavy atom. The van der Waals surface area contributed by atoms with Crippen LogP contribution >= 0.6 is 11.6 Å². The number of ketones is 1. The molecule has 0 unspecified atom stereocenters. The van der Waals surface area contributed by atoms with Crippen LogP contribution in [0.3, 0.4) is 0 Å². The number of aryl methyl sites for hydroxylation is 1. The van der Waals surface area contributed by atoms with Crippen LogP contribution in [-0.4, -0.2) is 22.1 Å². The van der Waals surface area contributed by atoms with E-state index < -0.39 is 17.0 Å². The van der Waals surface area contributed by atoms with Crippen molar-refractivity contribution in [2.75, 3.05) is 0 Å². The molecule has 1 aliphatic rings. The number of carbonyl (C=O) groups excluding carboxylic acids is 1. The number of halogens is 2. The van der Waals surface area contributed by atoms with Gasteiger partial charge in [-0.25, -0.2) is 4.39 Å². The zero-order chi connectivity index (χ0) is 20.9. The zero-order valence-corrected chi connectivity index (χ0v) is 17.4. The van der Waals surface area contributed by atoms with E-state index in [1.807, 2.05) is 13.0 Å². The molecule has 3 nitrogen and oxygen atoms in total. The molecule has 148 valence electrons. The van der Waals surface area contributed by atoms with Crippen molar-refractivity contribution in [2.45, 2.75) is 52.2 Å². The number of carbonyl (C=O) groups is 1. The molecule has 3 rings (SSSR count). The maximum absolute atomic E-state index is 14.4. The van der Waals surface area contributed by atoms with Crippen LogP contribution in [0.1, 0.15) is 45.7 Å². The van der Waals surface area contributed by atoms with Gasteiger partial charge in [0.05, 0.1) is 10.6 Å². The molecule has 2 aromatic rings. The topological polar surface area (TPSA) is 46.5 Å². The van der Waals surface area contributed by atoms with Crippen LogP contribution < -0.4 is 0 Å². The minimum absolute atomic E-state index is 0.0943. The van der Waals surface area contributed by atoms with E-state index in [4.69, 9.17) is 16.3 Å². The minimum atomic E-state index is -1.07. The summed E-state index contributed by atoms with van der Waals surface area (Å²) in [5.74, 6) is -0.785. The third-order valence-electron chi connectivity index (χ3n) is 5.10. The van der Waals surface area contributed by atoms with E-state index in [2.05, 4.69) is 0 Å². The Hall–Kier alpha value is -2.17. The summed E-state index contributed by atoms with van der Waals surface area (Å²) in [4.78, 5) is 13.1. The van der Waals surface area contributed by atoms with Gasteiger partial charge in [0, 0.05) is 5.56 Å². The number of aliphatic hydroxyl groups excluding tert-OH is 1. The Kier molecular flexibility index (Phi) is 5.15. The third-order valence-corrected chi connectivity index (χ3v) is 5.41. The third kappa shape index (κ3) is 3.36. The highest BCUT2D eigenvalue weighted by atomic mass is 35.5. The van der Waals surface area contributed by atoms with Gasteiger partial charge in [0.2, 0.25) is 0 Å². The Morgan fingerprint density at radius 2 is 1.79 bits per heavy atom. The fraction of sp³-hybridized carbons (Fsp3) is 0.348. The summed E-state index contributed by atoms with van der Waals surface area (Å²) in [6.07, 6.45) is 0.598. The molecular weight excluding hydrogens is 379 g/mol.